The van der Waals surface area contributed by atoms with Crippen LogP contribution in [-0.4, -0.2) is 30.3 Å². The van der Waals surface area contributed by atoms with Crippen molar-refractivity contribution in [2.24, 2.45) is 0 Å². The summed E-state index contributed by atoms with van der Waals surface area (Å²) in [5.41, 5.74) is 1.01. The Morgan fingerprint density at radius 1 is 1.25 bits per heavy atom. The number of anilines is 1. The summed E-state index contributed by atoms with van der Waals surface area (Å²) in [6.45, 7) is 7.53. The fraction of sp³-hybridized carbons (Fsp3) is 0.467. The molecule has 1 heterocycles. The Kier molecular flexibility index (Phi) is 4.16. The highest BCUT2D eigenvalue weighted by atomic mass is 35.5. The lowest BCUT2D eigenvalue weighted by Gasteiger charge is -2.22. The van der Waals surface area contributed by atoms with Gasteiger partial charge in [-0.15, -0.1) is 0 Å². The van der Waals surface area contributed by atoms with Crippen LogP contribution in [0.4, 0.5) is 5.69 Å². The quantitative estimate of drug-likeness (QED) is 0.686. The van der Waals surface area contributed by atoms with Crippen LogP contribution in [0.3, 0.4) is 0 Å². The van der Waals surface area contributed by atoms with E-state index in [1.165, 1.54) is 4.90 Å². The van der Waals surface area contributed by atoms with Gasteiger partial charge in [-0.05, 0) is 45.9 Å². The third-order valence-electron chi connectivity index (χ3n) is 3.15. The van der Waals surface area contributed by atoms with Crippen LogP contribution in [0.1, 0.15) is 37.6 Å². The molecule has 20 heavy (non-hydrogen) atoms. The van der Waals surface area contributed by atoms with E-state index in [0.29, 0.717) is 22.8 Å². The van der Waals surface area contributed by atoms with Gasteiger partial charge in [0.2, 0.25) is 0 Å². The Labute approximate surface area is 124 Å². The van der Waals surface area contributed by atoms with Crippen LogP contribution in [0.15, 0.2) is 18.2 Å². The van der Waals surface area contributed by atoms with Crippen LogP contribution in [-0.2, 0) is 4.79 Å². The molecule has 1 aliphatic heterocycles. The molecule has 2 rings (SSSR count). The number of rotatable bonds is 4. The Hall–Kier alpha value is -1.39. The molecule has 0 aliphatic carbocycles. The first kappa shape index (κ1) is 15.0. The zero-order valence-electron chi connectivity index (χ0n) is 12.0. The first-order valence-electron chi connectivity index (χ1n) is 6.71. The molecule has 0 atom stereocenters. The van der Waals surface area contributed by atoms with E-state index in [1.54, 1.807) is 18.2 Å². The van der Waals surface area contributed by atoms with Crippen LogP contribution >= 0.6 is 11.6 Å². The van der Waals surface area contributed by atoms with Gasteiger partial charge in [-0.3, -0.25) is 9.59 Å². The molecule has 1 N–H and O–H groups in total. The minimum atomic E-state index is -0.483. The molecular formula is C15H19ClN2O2. The van der Waals surface area contributed by atoms with Crippen LogP contribution in [0.25, 0.3) is 0 Å². The van der Waals surface area contributed by atoms with E-state index in [0.717, 1.165) is 13.0 Å². The zero-order valence-corrected chi connectivity index (χ0v) is 12.8. The van der Waals surface area contributed by atoms with Gasteiger partial charge in [0.25, 0.3) is 11.7 Å². The number of nitrogens with one attached hydrogen (secondary N) is 1. The highest BCUT2D eigenvalue weighted by Crippen LogP contribution is 2.35. The molecule has 108 valence electrons. The van der Waals surface area contributed by atoms with Gasteiger partial charge >= 0.3 is 0 Å². The molecule has 0 fully saturated rings. The maximum absolute atomic E-state index is 12.0. The predicted molar refractivity (Wildman–Crippen MR) is 80.5 cm³/mol. The SMILES string of the molecule is CC(C)(C)NCCCN1C(=O)C(=O)c2cccc(Cl)c21. The summed E-state index contributed by atoms with van der Waals surface area (Å²) >= 11 is 6.12. The second kappa shape index (κ2) is 5.54. The smallest absolute Gasteiger partial charge is 0.299 e. The number of amides is 1. The molecule has 0 bridgehead atoms. The summed E-state index contributed by atoms with van der Waals surface area (Å²) in [6, 6.07) is 5.04. The van der Waals surface area contributed by atoms with Crippen LogP contribution in [0.2, 0.25) is 5.02 Å². The second-order valence-corrected chi connectivity index (χ2v) is 6.36. The van der Waals surface area contributed by atoms with E-state index in [-0.39, 0.29) is 5.54 Å². The number of nitrogens with zero attached hydrogens (tertiary/aromatic N) is 1. The molecule has 4 nitrogen and oxygen atoms in total. The maximum Gasteiger partial charge on any atom is 0.299 e. The van der Waals surface area contributed by atoms with Crippen molar-refractivity contribution >= 4 is 29.0 Å². The molecule has 1 amide bonds. The van der Waals surface area contributed by atoms with Gasteiger partial charge in [-0.2, -0.15) is 0 Å². The third kappa shape index (κ3) is 3.02. The topological polar surface area (TPSA) is 49.4 Å². The normalized spacial score (nSPS) is 14.9. The van der Waals surface area contributed by atoms with Gasteiger partial charge in [0.1, 0.15) is 0 Å². The van der Waals surface area contributed by atoms with Gasteiger partial charge in [-0.1, -0.05) is 17.7 Å². The van der Waals surface area contributed by atoms with Gasteiger partial charge in [0.05, 0.1) is 16.3 Å². The number of para-hydroxylation sites is 1. The number of carbonyl (C=O) groups excluding carboxylic acids is 2. The van der Waals surface area contributed by atoms with E-state index in [2.05, 4.69) is 26.1 Å². The maximum atomic E-state index is 12.0. The van der Waals surface area contributed by atoms with Gasteiger partial charge < -0.3 is 10.2 Å². The molecular weight excluding hydrogens is 276 g/mol. The lowest BCUT2D eigenvalue weighted by atomic mass is 10.1. The summed E-state index contributed by atoms with van der Waals surface area (Å²) in [7, 11) is 0. The number of ketones is 1. The lowest BCUT2D eigenvalue weighted by Crippen LogP contribution is -2.38. The lowest BCUT2D eigenvalue weighted by molar-refractivity contribution is -0.114. The molecule has 1 aromatic carbocycles. The minimum Gasteiger partial charge on any atom is -0.312 e. The number of Topliss-reactive ketones (excluding diaryl/α,β-unsaturated/α-hetero) is 1. The van der Waals surface area contributed by atoms with E-state index in [4.69, 9.17) is 11.6 Å². The van der Waals surface area contributed by atoms with Crippen molar-refractivity contribution < 1.29 is 9.59 Å². The number of hydrogen-bond acceptors (Lipinski definition) is 3. The standard InChI is InChI=1S/C15H19ClN2O2/c1-15(2,3)17-8-5-9-18-12-10(13(19)14(18)20)6-4-7-11(12)16/h4,6-7,17H,5,8-9H2,1-3H3. The van der Waals surface area contributed by atoms with Gasteiger partial charge in [-0.25, -0.2) is 0 Å². The summed E-state index contributed by atoms with van der Waals surface area (Å²) in [5.74, 6) is -0.949. The molecule has 0 saturated carbocycles. The summed E-state index contributed by atoms with van der Waals surface area (Å²) in [6.07, 6.45) is 0.765. The summed E-state index contributed by atoms with van der Waals surface area (Å²) < 4.78 is 0. The number of halogens is 1. The zero-order chi connectivity index (χ0) is 14.9. The molecule has 1 aliphatic rings. The number of benzene rings is 1. The summed E-state index contributed by atoms with van der Waals surface area (Å²) in [4.78, 5) is 25.4. The highest BCUT2D eigenvalue weighted by molar-refractivity contribution is 6.54. The molecule has 0 unspecified atom stereocenters. The second-order valence-electron chi connectivity index (χ2n) is 5.95. The van der Waals surface area contributed by atoms with Gasteiger partial charge in [0, 0.05) is 12.1 Å². The summed E-state index contributed by atoms with van der Waals surface area (Å²) in [5, 5.41) is 3.80. The van der Waals surface area contributed by atoms with Gasteiger partial charge in [0.15, 0.2) is 0 Å². The van der Waals surface area contributed by atoms with Crippen molar-refractivity contribution in [3.8, 4) is 0 Å². The molecule has 0 aromatic heterocycles. The fourth-order valence-corrected chi connectivity index (χ4v) is 2.50. The van der Waals surface area contributed by atoms with Crippen LogP contribution in [0.5, 0.6) is 0 Å². The van der Waals surface area contributed by atoms with Crippen molar-refractivity contribution in [2.75, 3.05) is 18.0 Å². The van der Waals surface area contributed by atoms with Crippen LogP contribution in [0, 0.1) is 0 Å². The molecule has 0 saturated heterocycles. The third-order valence-corrected chi connectivity index (χ3v) is 3.46. The number of fused-ring (bicyclic) bond motifs is 1. The number of hydrogen-bond donors (Lipinski definition) is 1. The van der Waals surface area contributed by atoms with Crippen molar-refractivity contribution in [3.63, 3.8) is 0 Å². The number of carbonyl (C=O) groups is 2. The molecule has 5 heteroatoms. The average molecular weight is 295 g/mol. The predicted octanol–water partition coefficient (Wildman–Crippen LogP) is 2.65. The van der Waals surface area contributed by atoms with E-state index < -0.39 is 11.7 Å². The van der Waals surface area contributed by atoms with Crippen molar-refractivity contribution in [1.82, 2.24) is 5.32 Å². The Balaban J connectivity index is 2.07. The fourth-order valence-electron chi connectivity index (χ4n) is 2.23. The molecule has 0 radical (unpaired) electrons. The van der Waals surface area contributed by atoms with E-state index in [9.17, 15) is 9.59 Å². The Bertz CT molecular complexity index is 549. The minimum absolute atomic E-state index is 0.0421. The van der Waals surface area contributed by atoms with E-state index in [1.807, 2.05) is 0 Å². The highest BCUT2D eigenvalue weighted by Gasteiger charge is 2.36. The molecule has 1 aromatic rings. The average Bonchev–Trinajstić information content (AvgIpc) is 2.60. The van der Waals surface area contributed by atoms with E-state index >= 15 is 0 Å². The Morgan fingerprint density at radius 3 is 2.60 bits per heavy atom. The van der Waals surface area contributed by atoms with Crippen LogP contribution < -0.4 is 10.2 Å². The first-order chi connectivity index (χ1) is 9.31. The monoisotopic (exact) mass is 294 g/mol. The van der Waals surface area contributed by atoms with Crippen molar-refractivity contribution in [3.05, 3.63) is 28.8 Å². The largest absolute Gasteiger partial charge is 0.312 e. The van der Waals surface area contributed by atoms with Crippen molar-refractivity contribution in [2.45, 2.75) is 32.7 Å². The Morgan fingerprint density at radius 2 is 1.95 bits per heavy atom. The van der Waals surface area contributed by atoms with Crippen molar-refractivity contribution in [1.29, 1.82) is 0 Å². The molecule has 0 spiro atoms. The first-order valence-corrected chi connectivity index (χ1v) is 7.09.